The molecule has 0 unspecified atom stereocenters. The molecule has 14 heavy (non-hydrogen) atoms. The van der Waals surface area contributed by atoms with Gasteiger partial charge in [-0.05, 0) is 0 Å². The maximum absolute atomic E-state index is 10.8. The van der Waals surface area contributed by atoms with Crippen LogP contribution in [0.4, 0.5) is 5.88 Å². The molecule has 0 radical (unpaired) electrons. The molecule has 7 heteroatoms. The van der Waals surface area contributed by atoms with E-state index < -0.39 is 0 Å². The highest BCUT2D eigenvalue weighted by Gasteiger charge is 2.26. The second-order valence-electron chi connectivity index (χ2n) is 2.90. The zero-order valence-corrected chi connectivity index (χ0v) is 9.00. The fraction of sp³-hybridized carbons (Fsp3) is 0.571. The van der Waals surface area contributed by atoms with Crippen molar-refractivity contribution in [3.05, 3.63) is 5.69 Å². The van der Waals surface area contributed by atoms with Gasteiger partial charge in [0, 0.05) is 6.92 Å². The van der Waals surface area contributed by atoms with Gasteiger partial charge in [0.2, 0.25) is 11.2 Å². The van der Waals surface area contributed by atoms with E-state index in [2.05, 4.69) is 10.6 Å². The van der Waals surface area contributed by atoms with Gasteiger partial charge in [-0.2, -0.15) is 5.01 Å². The molecule has 78 valence electrons. The van der Waals surface area contributed by atoms with Gasteiger partial charge in [-0.3, -0.25) is 14.6 Å². The van der Waals surface area contributed by atoms with Crippen LogP contribution in [0.25, 0.3) is 0 Å². The van der Waals surface area contributed by atoms with Crippen molar-refractivity contribution < 1.29 is 14.1 Å². The zero-order valence-electron chi connectivity index (χ0n) is 8.24. The van der Waals surface area contributed by atoms with Gasteiger partial charge in [-0.15, -0.1) is 11.6 Å². The summed E-state index contributed by atoms with van der Waals surface area (Å²) in [5.74, 6) is 0.261. The highest BCUT2D eigenvalue weighted by molar-refractivity contribution is 6.17. The van der Waals surface area contributed by atoms with E-state index in [0.29, 0.717) is 5.69 Å². The molecule has 0 saturated carbocycles. The van der Waals surface area contributed by atoms with Crippen molar-refractivity contribution >= 4 is 23.4 Å². The summed E-state index contributed by atoms with van der Waals surface area (Å²) in [6, 6.07) is 0. The Balaban J connectivity index is 3.01. The molecule has 0 spiro atoms. The molecule has 1 aromatic rings. The zero-order chi connectivity index (χ0) is 10.7. The lowest BCUT2D eigenvalue weighted by atomic mass is 10.5. The number of carbonyl (C=O) groups excluding carboxylic acids is 1. The maximum Gasteiger partial charge on any atom is 0.323 e. The van der Waals surface area contributed by atoms with E-state index in [9.17, 15) is 4.79 Å². The molecule has 1 heterocycles. The molecular weight excluding hydrogens is 208 g/mol. The first-order valence-corrected chi connectivity index (χ1v) is 4.51. The summed E-state index contributed by atoms with van der Waals surface area (Å²) in [5, 5.41) is 7.89. The van der Waals surface area contributed by atoms with Crippen molar-refractivity contribution in [2.24, 2.45) is 0 Å². The number of halogens is 1. The third-order valence-electron chi connectivity index (χ3n) is 1.51. The molecule has 6 nitrogen and oxygen atoms in total. The average molecular weight is 220 g/mol. The summed E-state index contributed by atoms with van der Waals surface area (Å²) in [5.41, 5.74) is 0.604. The van der Waals surface area contributed by atoms with Gasteiger partial charge in [0.05, 0.1) is 18.9 Å². The fourth-order valence-electron chi connectivity index (χ4n) is 0.956. The van der Waals surface area contributed by atoms with Crippen molar-refractivity contribution in [1.82, 2.24) is 5.27 Å². The van der Waals surface area contributed by atoms with Crippen molar-refractivity contribution in [3.8, 4) is 0 Å². The number of anilines is 1. The Bertz CT molecular complexity index is 336. The number of rotatable bonds is 3. The Kier molecular flexibility index (Phi) is 3.29. The van der Waals surface area contributed by atoms with Crippen molar-refractivity contribution in [1.29, 1.82) is 0 Å². The summed E-state index contributed by atoms with van der Waals surface area (Å²) >= 11 is 5.71. The quantitative estimate of drug-likeness (QED) is 0.568. The highest BCUT2D eigenvalue weighted by atomic mass is 35.5. The standard InChI is InChI=1S/C7H11ClN4O2/c1-5(13)9-7-6(4-8)12(10-14-7)11(2)3/h4H2,1-3H3/p+1. The predicted molar refractivity (Wildman–Crippen MR) is 50.6 cm³/mol. The van der Waals surface area contributed by atoms with Crippen LogP contribution in [0.15, 0.2) is 4.52 Å². The molecule has 0 saturated heterocycles. The normalized spacial score (nSPS) is 10.0. The molecule has 0 bridgehead atoms. The Labute approximate surface area is 86.4 Å². The van der Waals surface area contributed by atoms with Crippen LogP contribution >= 0.6 is 11.6 Å². The van der Waals surface area contributed by atoms with Gasteiger partial charge >= 0.3 is 11.6 Å². The lowest BCUT2D eigenvalue weighted by Gasteiger charge is -1.98. The van der Waals surface area contributed by atoms with Gasteiger partial charge in [0.15, 0.2) is 0 Å². The predicted octanol–water partition coefficient (Wildman–Crippen LogP) is -0.143. The van der Waals surface area contributed by atoms with E-state index in [1.54, 1.807) is 19.1 Å². The lowest BCUT2D eigenvalue weighted by molar-refractivity contribution is -0.758. The summed E-state index contributed by atoms with van der Waals surface area (Å²) in [7, 11) is 3.58. The minimum atomic E-state index is -0.224. The van der Waals surface area contributed by atoms with Crippen molar-refractivity contribution in [2.45, 2.75) is 12.8 Å². The number of nitrogens with one attached hydrogen (secondary N) is 1. The first kappa shape index (κ1) is 10.8. The molecule has 0 aliphatic heterocycles. The van der Waals surface area contributed by atoms with E-state index in [4.69, 9.17) is 16.1 Å². The average Bonchev–Trinajstić information content (AvgIpc) is 2.46. The largest absolute Gasteiger partial charge is 0.323 e. The number of alkyl halides is 1. The van der Waals surface area contributed by atoms with Crippen LogP contribution in [0, 0.1) is 0 Å². The third-order valence-corrected chi connectivity index (χ3v) is 1.76. The first-order valence-electron chi connectivity index (χ1n) is 3.98. The Hall–Kier alpha value is -1.30. The summed E-state index contributed by atoms with van der Waals surface area (Å²) in [4.78, 5) is 12.3. The van der Waals surface area contributed by atoms with Crippen LogP contribution in [0.2, 0.25) is 0 Å². The molecule has 1 amide bonds. The number of hydrogen-bond donors (Lipinski definition) is 1. The fourth-order valence-corrected chi connectivity index (χ4v) is 1.18. The van der Waals surface area contributed by atoms with E-state index >= 15 is 0 Å². The van der Waals surface area contributed by atoms with E-state index in [0.717, 1.165) is 0 Å². The smallest absolute Gasteiger partial charge is 0.289 e. The topological polar surface area (TPSA) is 62.3 Å². The highest BCUT2D eigenvalue weighted by Crippen LogP contribution is 2.11. The minimum absolute atomic E-state index is 0.206. The van der Waals surface area contributed by atoms with Crippen LogP contribution in [-0.2, 0) is 10.7 Å². The molecule has 0 atom stereocenters. The Morgan fingerprint density at radius 1 is 1.71 bits per heavy atom. The van der Waals surface area contributed by atoms with Crippen LogP contribution in [0.5, 0.6) is 0 Å². The number of hydrogen-bond acceptors (Lipinski definition) is 4. The maximum atomic E-state index is 10.8. The first-order chi connectivity index (χ1) is 6.56. The molecule has 0 aromatic carbocycles. The Morgan fingerprint density at radius 3 is 2.79 bits per heavy atom. The Morgan fingerprint density at radius 2 is 2.36 bits per heavy atom. The van der Waals surface area contributed by atoms with Gasteiger partial charge in [0.1, 0.15) is 5.88 Å². The van der Waals surface area contributed by atoms with Crippen molar-refractivity contribution in [3.63, 3.8) is 0 Å². The summed E-state index contributed by atoms with van der Waals surface area (Å²) in [6.07, 6.45) is 0. The van der Waals surface area contributed by atoms with Crippen LogP contribution in [0.1, 0.15) is 12.6 Å². The lowest BCUT2D eigenvalue weighted by Crippen LogP contribution is -2.56. The molecule has 1 aromatic heterocycles. The molecule has 0 aliphatic rings. The van der Waals surface area contributed by atoms with Gasteiger partial charge in [0.25, 0.3) is 0 Å². The van der Waals surface area contributed by atoms with Crippen molar-refractivity contribution in [2.75, 3.05) is 24.4 Å². The van der Waals surface area contributed by atoms with Crippen LogP contribution < -0.4 is 15.1 Å². The second-order valence-corrected chi connectivity index (χ2v) is 3.17. The number of nitrogens with zero attached hydrogens (tertiary/aromatic N) is 3. The second kappa shape index (κ2) is 4.28. The minimum Gasteiger partial charge on any atom is -0.289 e. The number of aromatic nitrogens is 2. The third kappa shape index (κ3) is 2.14. The number of amides is 1. The summed E-state index contributed by atoms with van der Waals surface area (Å²) < 4.78 is 4.91. The summed E-state index contributed by atoms with van der Waals surface area (Å²) in [6.45, 7) is 1.39. The monoisotopic (exact) mass is 219 g/mol. The molecule has 0 fully saturated rings. The molecular formula is C7H12ClN4O2+. The SMILES string of the molecule is CC(=O)Nc1on[n+](N(C)C)c1CCl. The molecule has 1 rings (SSSR count). The van der Waals surface area contributed by atoms with Crippen LogP contribution in [0.3, 0.4) is 0 Å². The van der Waals surface area contributed by atoms with E-state index in [1.807, 2.05) is 0 Å². The van der Waals surface area contributed by atoms with Gasteiger partial charge in [-0.25, -0.2) is 0 Å². The van der Waals surface area contributed by atoms with Gasteiger partial charge in [-0.1, -0.05) is 0 Å². The van der Waals surface area contributed by atoms with E-state index in [1.165, 1.54) is 11.7 Å². The van der Waals surface area contributed by atoms with Crippen LogP contribution in [-0.4, -0.2) is 25.3 Å². The van der Waals surface area contributed by atoms with E-state index in [-0.39, 0.29) is 17.7 Å². The molecule has 0 aliphatic carbocycles. The number of carbonyl (C=O) groups is 1. The molecule has 1 N–H and O–H groups in total. The van der Waals surface area contributed by atoms with Gasteiger partial charge < -0.3 is 0 Å².